The molecule has 0 aliphatic heterocycles. The van der Waals surface area contributed by atoms with E-state index in [0.717, 1.165) is 18.8 Å². The van der Waals surface area contributed by atoms with Crippen LogP contribution in [0.4, 0.5) is 5.82 Å². The molecule has 3 nitrogen and oxygen atoms in total. The minimum Gasteiger partial charge on any atom is -0.354 e. The Hall–Kier alpha value is -1.09. The van der Waals surface area contributed by atoms with Crippen molar-refractivity contribution in [2.24, 2.45) is 5.73 Å². The van der Waals surface area contributed by atoms with Crippen LogP contribution in [-0.4, -0.2) is 24.1 Å². The number of hydrogen-bond donors (Lipinski definition) is 1. The zero-order valence-electron chi connectivity index (χ0n) is 9.90. The van der Waals surface area contributed by atoms with Crippen LogP contribution >= 0.6 is 0 Å². The van der Waals surface area contributed by atoms with E-state index in [1.807, 2.05) is 12.3 Å². The topological polar surface area (TPSA) is 42.2 Å². The Morgan fingerprint density at radius 3 is 2.73 bits per heavy atom. The molecule has 0 spiro atoms. The summed E-state index contributed by atoms with van der Waals surface area (Å²) in [5.74, 6) is 1.08. The van der Waals surface area contributed by atoms with E-state index in [-0.39, 0.29) is 0 Å². The van der Waals surface area contributed by atoms with E-state index >= 15 is 0 Å². The number of aromatic nitrogens is 1. The summed E-state index contributed by atoms with van der Waals surface area (Å²) in [4.78, 5) is 6.76. The molecular formula is C12H21N3. The van der Waals surface area contributed by atoms with Crippen molar-refractivity contribution < 1.29 is 0 Å². The molecule has 3 heteroatoms. The summed E-state index contributed by atoms with van der Waals surface area (Å²) in [5, 5.41) is 0. The first-order chi connectivity index (χ1) is 7.20. The third kappa shape index (κ3) is 2.93. The molecule has 0 bridgehead atoms. The predicted octanol–water partition coefficient (Wildman–Crippen LogP) is 1.82. The third-order valence-electron chi connectivity index (χ3n) is 2.52. The first-order valence-corrected chi connectivity index (χ1v) is 5.61. The first-order valence-electron chi connectivity index (χ1n) is 5.61. The van der Waals surface area contributed by atoms with Crippen LogP contribution in [0.3, 0.4) is 0 Å². The van der Waals surface area contributed by atoms with Crippen LogP contribution in [0.5, 0.6) is 0 Å². The number of anilines is 1. The molecule has 15 heavy (non-hydrogen) atoms. The monoisotopic (exact) mass is 207 g/mol. The third-order valence-corrected chi connectivity index (χ3v) is 2.52. The van der Waals surface area contributed by atoms with Gasteiger partial charge in [-0.05, 0) is 45.4 Å². The summed E-state index contributed by atoms with van der Waals surface area (Å²) in [7, 11) is 0. The zero-order chi connectivity index (χ0) is 11.3. The van der Waals surface area contributed by atoms with Gasteiger partial charge in [0.1, 0.15) is 5.82 Å². The van der Waals surface area contributed by atoms with E-state index in [9.17, 15) is 0 Å². The average Bonchev–Trinajstić information content (AvgIpc) is 2.21. The second kappa shape index (κ2) is 5.71. The number of nitrogens with two attached hydrogens (primary N) is 1. The zero-order valence-corrected chi connectivity index (χ0v) is 9.90. The lowest BCUT2D eigenvalue weighted by molar-refractivity contribution is 0.687. The molecule has 1 aromatic rings. The maximum Gasteiger partial charge on any atom is 0.131 e. The van der Waals surface area contributed by atoms with Crippen LogP contribution in [0.2, 0.25) is 0 Å². The van der Waals surface area contributed by atoms with Crippen molar-refractivity contribution in [3.05, 3.63) is 23.9 Å². The Bertz CT molecular complexity index is 297. The minimum atomic E-state index is 0.474. The van der Waals surface area contributed by atoms with Crippen molar-refractivity contribution in [2.75, 3.05) is 18.0 Å². The molecule has 0 saturated heterocycles. The number of pyridine rings is 1. The summed E-state index contributed by atoms with van der Waals surface area (Å²) in [6, 6.07) is 4.56. The van der Waals surface area contributed by atoms with Gasteiger partial charge in [0, 0.05) is 18.8 Å². The lowest BCUT2D eigenvalue weighted by Gasteiger charge is -2.28. The van der Waals surface area contributed by atoms with Gasteiger partial charge in [-0.1, -0.05) is 6.07 Å². The number of rotatable bonds is 5. The van der Waals surface area contributed by atoms with Crippen LogP contribution < -0.4 is 10.6 Å². The van der Waals surface area contributed by atoms with Gasteiger partial charge in [0.15, 0.2) is 0 Å². The molecule has 84 valence electrons. The largest absolute Gasteiger partial charge is 0.354 e. The maximum absolute atomic E-state index is 5.60. The van der Waals surface area contributed by atoms with Crippen molar-refractivity contribution in [1.29, 1.82) is 0 Å². The maximum atomic E-state index is 5.60. The Balaban J connectivity index is 2.99. The molecule has 2 N–H and O–H groups in total. The van der Waals surface area contributed by atoms with Crippen LogP contribution in [-0.2, 0) is 6.42 Å². The molecule has 1 aromatic heterocycles. The summed E-state index contributed by atoms with van der Waals surface area (Å²) < 4.78 is 0. The van der Waals surface area contributed by atoms with E-state index < -0.39 is 0 Å². The Kier molecular flexibility index (Phi) is 4.56. The Morgan fingerprint density at radius 1 is 1.47 bits per heavy atom. The van der Waals surface area contributed by atoms with Crippen molar-refractivity contribution in [1.82, 2.24) is 4.98 Å². The van der Waals surface area contributed by atoms with Gasteiger partial charge in [0.25, 0.3) is 0 Å². The molecule has 0 aliphatic rings. The number of hydrogen-bond acceptors (Lipinski definition) is 3. The highest BCUT2D eigenvalue weighted by Gasteiger charge is 2.12. The van der Waals surface area contributed by atoms with Gasteiger partial charge in [0.05, 0.1) is 0 Å². The van der Waals surface area contributed by atoms with Gasteiger partial charge in [-0.25, -0.2) is 4.98 Å². The fourth-order valence-electron chi connectivity index (χ4n) is 1.80. The minimum absolute atomic E-state index is 0.474. The quantitative estimate of drug-likeness (QED) is 0.800. The second-order valence-electron chi connectivity index (χ2n) is 3.90. The Labute approximate surface area is 92.3 Å². The van der Waals surface area contributed by atoms with E-state index in [2.05, 4.69) is 36.7 Å². The predicted molar refractivity (Wildman–Crippen MR) is 65.2 cm³/mol. The fourth-order valence-corrected chi connectivity index (χ4v) is 1.80. The van der Waals surface area contributed by atoms with Crippen LogP contribution in [0.15, 0.2) is 18.3 Å². The van der Waals surface area contributed by atoms with Crippen molar-refractivity contribution in [2.45, 2.75) is 33.2 Å². The lowest BCUT2D eigenvalue weighted by atomic mass is 10.1. The summed E-state index contributed by atoms with van der Waals surface area (Å²) in [6.07, 6.45) is 2.74. The molecule has 0 aliphatic carbocycles. The first kappa shape index (κ1) is 12.0. The van der Waals surface area contributed by atoms with Crippen molar-refractivity contribution in [3.63, 3.8) is 0 Å². The van der Waals surface area contributed by atoms with Gasteiger partial charge in [0.2, 0.25) is 0 Å². The number of nitrogens with zero attached hydrogens (tertiary/aromatic N) is 2. The van der Waals surface area contributed by atoms with Crippen LogP contribution in [0.25, 0.3) is 0 Å². The molecule has 1 heterocycles. The highest BCUT2D eigenvalue weighted by Crippen LogP contribution is 2.19. The molecule has 0 radical (unpaired) electrons. The fraction of sp³-hybridized carbons (Fsp3) is 0.583. The second-order valence-corrected chi connectivity index (χ2v) is 3.90. The van der Waals surface area contributed by atoms with E-state index in [1.54, 1.807) is 0 Å². The van der Waals surface area contributed by atoms with Gasteiger partial charge in [-0.2, -0.15) is 0 Å². The van der Waals surface area contributed by atoms with Crippen molar-refractivity contribution >= 4 is 5.82 Å². The van der Waals surface area contributed by atoms with Gasteiger partial charge in [-0.15, -0.1) is 0 Å². The van der Waals surface area contributed by atoms with E-state index in [1.165, 1.54) is 5.56 Å². The highest BCUT2D eigenvalue weighted by atomic mass is 15.2. The highest BCUT2D eigenvalue weighted by molar-refractivity contribution is 5.47. The summed E-state index contributed by atoms with van der Waals surface area (Å²) in [6.45, 7) is 8.18. The van der Waals surface area contributed by atoms with Gasteiger partial charge >= 0.3 is 0 Å². The van der Waals surface area contributed by atoms with Gasteiger partial charge < -0.3 is 10.6 Å². The lowest BCUT2D eigenvalue weighted by Crippen LogP contribution is -2.32. The van der Waals surface area contributed by atoms with Crippen LogP contribution in [0.1, 0.15) is 26.3 Å². The molecule has 0 atom stereocenters. The molecule has 0 saturated carbocycles. The molecular weight excluding hydrogens is 186 g/mol. The van der Waals surface area contributed by atoms with Crippen molar-refractivity contribution in [3.8, 4) is 0 Å². The molecule has 0 unspecified atom stereocenters. The average molecular weight is 207 g/mol. The van der Waals surface area contributed by atoms with Crippen LogP contribution in [0, 0.1) is 0 Å². The molecule has 0 aromatic carbocycles. The summed E-state index contributed by atoms with van der Waals surface area (Å²) in [5.41, 5.74) is 6.85. The smallest absolute Gasteiger partial charge is 0.131 e. The van der Waals surface area contributed by atoms with Gasteiger partial charge in [-0.3, -0.25) is 0 Å². The molecule has 0 amide bonds. The molecule has 0 fully saturated rings. The van der Waals surface area contributed by atoms with E-state index in [4.69, 9.17) is 5.73 Å². The molecule has 1 rings (SSSR count). The normalized spacial score (nSPS) is 10.7. The SMILES string of the molecule is CCN(c1ncccc1CCN)C(C)C. The van der Waals surface area contributed by atoms with E-state index in [0.29, 0.717) is 12.6 Å². The summed E-state index contributed by atoms with van der Waals surface area (Å²) >= 11 is 0. The Morgan fingerprint density at radius 2 is 2.20 bits per heavy atom. The standard InChI is InChI=1S/C12H21N3/c1-4-15(10(2)3)12-11(7-8-13)6-5-9-14-12/h5-6,9-10H,4,7-8,13H2,1-3H3.